The topological polar surface area (TPSA) is 69.9 Å². The summed E-state index contributed by atoms with van der Waals surface area (Å²) < 4.78 is 19.4. The van der Waals surface area contributed by atoms with Crippen LogP contribution in [-0.2, 0) is 15.5 Å². The van der Waals surface area contributed by atoms with E-state index in [1.165, 1.54) is 0 Å². The molecule has 1 saturated heterocycles. The number of ether oxygens (including phenoxy) is 1. The Kier molecular flexibility index (Phi) is 5.58. The zero-order chi connectivity index (χ0) is 15.2. The second-order valence-corrected chi connectivity index (χ2v) is 7.59. The molecular weight excluding hydrogens is 320 g/mol. The van der Waals surface area contributed by atoms with Crippen LogP contribution in [0.5, 0.6) is 0 Å². The first-order chi connectivity index (χ1) is 10.8. The van der Waals surface area contributed by atoms with Crippen LogP contribution in [0.2, 0.25) is 0 Å². The minimum absolute atomic E-state index is 0.311. The SMILES string of the molecule is O=[S@@](CCSc1nnnn1C1CCOCC1)c1ccccc1. The van der Waals surface area contributed by atoms with Gasteiger partial charge in [-0.3, -0.25) is 4.21 Å². The van der Waals surface area contributed by atoms with Crippen molar-refractivity contribution < 1.29 is 8.95 Å². The van der Waals surface area contributed by atoms with Crippen molar-refractivity contribution >= 4 is 22.6 Å². The van der Waals surface area contributed by atoms with Crippen molar-refractivity contribution in [2.45, 2.75) is 28.9 Å². The van der Waals surface area contributed by atoms with Gasteiger partial charge in [0.05, 0.1) is 16.8 Å². The van der Waals surface area contributed by atoms with Crippen molar-refractivity contribution in [3.8, 4) is 0 Å². The Bertz CT molecular complexity index is 614. The molecule has 1 atom stereocenters. The van der Waals surface area contributed by atoms with Gasteiger partial charge in [0.2, 0.25) is 5.16 Å². The number of rotatable bonds is 6. The highest BCUT2D eigenvalue weighted by atomic mass is 32.2. The maximum atomic E-state index is 12.2. The molecule has 1 aromatic heterocycles. The molecule has 3 rings (SSSR count). The predicted molar refractivity (Wildman–Crippen MR) is 85.3 cm³/mol. The van der Waals surface area contributed by atoms with E-state index in [9.17, 15) is 4.21 Å². The molecule has 1 aromatic carbocycles. The molecule has 2 aromatic rings. The predicted octanol–water partition coefficient (Wildman–Crippen LogP) is 1.92. The molecule has 0 N–H and O–H groups in total. The molecule has 0 radical (unpaired) electrons. The quantitative estimate of drug-likeness (QED) is 0.750. The first-order valence-electron chi connectivity index (χ1n) is 7.26. The summed E-state index contributed by atoms with van der Waals surface area (Å²) in [6.45, 7) is 1.51. The van der Waals surface area contributed by atoms with Crippen molar-refractivity contribution in [2.75, 3.05) is 24.7 Å². The van der Waals surface area contributed by atoms with E-state index in [0.29, 0.717) is 11.8 Å². The average Bonchev–Trinajstić information content (AvgIpc) is 3.05. The lowest BCUT2D eigenvalue weighted by Crippen LogP contribution is -2.21. The summed E-state index contributed by atoms with van der Waals surface area (Å²) in [5.74, 6) is 1.32. The van der Waals surface area contributed by atoms with E-state index in [1.807, 2.05) is 35.0 Å². The van der Waals surface area contributed by atoms with Crippen molar-refractivity contribution in [3.05, 3.63) is 30.3 Å². The first kappa shape index (κ1) is 15.6. The van der Waals surface area contributed by atoms with Crippen LogP contribution in [-0.4, -0.2) is 49.1 Å². The van der Waals surface area contributed by atoms with Gasteiger partial charge in [-0.05, 0) is 35.4 Å². The molecule has 6 nitrogen and oxygen atoms in total. The van der Waals surface area contributed by atoms with Crippen LogP contribution in [0.15, 0.2) is 40.4 Å². The van der Waals surface area contributed by atoms with Gasteiger partial charge < -0.3 is 4.74 Å². The summed E-state index contributed by atoms with van der Waals surface area (Å²) in [4.78, 5) is 0.868. The van der Waals surface area contributed by atoms with Crippen LogP contribution in [0.4, 0.5) is 0 Å². The Morgan fingerprint density at radius 3 is 2.82 bits per heavy atom. The van der Waals surface area contributed by atoms with Crippen LogP contribution in [0.3, 0.4) is 0 Å². The van der Waals surface area contributed by atoms with Gasteiger partial charge in [0, 0.05) is 29.6 Å². The number of aromatic nitrogens is 4. The van der Waals surface area contributed by atoms with Gasteiger partial charge in [0.1, 0.15) is 0 Å². The molecule has 0 spiro atoms. The number of thioether (sulfide) groups is 1. The second-order valence-electron chi connectivity index (χ2n) is 4.96. The van der Waals surface area contributed by atoms with Gasteiger partial charge >= 0.3 is 0 Å². The summed E-state index contributed by atoms with van der Waals surface area (Å²) in [7, 11) is -0.975. The van der Waals surface area contributed by atoms with E-state index in [0.717, 1.165) is 41.9 Å². The van der Waals surface area contributed by atoms with Gasteiger partial charge in [0.15, 0.2) is 0 Å². The molecule has 0 bridgehead atoms. The molecule has 0 aliphatic carbocycles. The molecule has 118 valence electrons. The van der Waals surface area contributed by atoms with Crippen molar-refractivity contribution in [1.82, 2.24) is 20.2 Å². The van der Waals surface area contributed by atoms with Gasteiger partial charge in [-0.1, -0.05) is 30.0 Å². The van der Waals surface area contributed by atoms with Gasteiger partial charge in [-0.15, -0.1) is 5.10 Å². The summed E-state index contributed by atoms with van der Waals surface area (Å²) >= 11 is 1.56. The monoisotopic (exact) mass is 338 g/mol. The van der Waals surface area contributed by atoms with Crippen molar-refractivity contribution in [3.63, 3.8) is 0 Å². The maximum absolute atomic E-state index is 12.2. The number of hydrogen-bond donors (Lipinski definition) is 0. The third-order valence-electron chi connectivity index (χ3n) is 3.51. The van der Waals surface area contributed by atoms with E-state index >= 15 is 0 Å². The van der Waals surface area contributed by atoms with E-state index in [-0.39, 0.29) is 0 Å². The van der Waals surface area contributed by atoms with E-state index < -0.39 is 10.8 Å². The largest absolute Gasteiger partial charge is 0.381 e. The molecule has 1 fully saturated rings. The Morgan fingerprint density at radius 1 is 1.27 bits per heavy atom. The molecule has 0 saturated carbocycles. The summed E-state index contributed by atoms with van der Waals surface area (Å²) in [5.41, 5.74) is 0. The fourth-order valence-corrected chi connectivity index (χ4v) is 4.57. The van der Waals surface area contributed by atoms with E-state index in [1.54, 1.807) is 11.8 Å². The maximum Gasteiger partial charge on any atom is 0.209 e. The molecular formula is C14H18N4O2S2. The standard InChI is InChI=1S/C14H18N4O2S2/c19-22(13-4-2-1-3-5-13)11-10-21-14-15-16-17-18(14)12-6-8-20-9-7-12/h1-5,12H,6-11H2/t22-/m0/s1. The summed E-state index contributed by atoms with van der Waals surface area (Å²) in [6, 6.07) is 9.85. The van der Waals surface area contributed by atoms with Crippen LogP contribution < -0.4 is 0 Å². The number of benzene rings is 1. The molecule has 0 unspecified atom stereocenters. The van der Waals surface area contributed by atoms with Gasteiger partial charge in [-0.2, -0.15) is 0 Å². The number of nitrogens with zero attached hydrogens (tertiary/aromatic N) is 4. The van der Waals surface area contributed by atoms with Crippen molar-refractivity contribution in [2.24, 2.45) is 0 Å². The van der Waals surface area contributed by atoms with Gasteiger partial charge in [-0.25, -0.2) is 4.68 Å². The normalized spacial score (nSPS) is 17.5. The van der Waals surface area contributed by atoms with Crippen molar-refractivity contribution in [1.29, 1.82) is 0 Å². The third kappa shape index (κ3) is 3.93. The third-order valence-corrected chi connectivity index (χ3v) is 6.07. The second kappa shape index (κ2) is 7.85. The van der Waals surface area contributed by atoms with Crippen LogP contribution >= 0.6 is 11.8 Å². The lowest BCUT2D eigenvalue weighted by molar-refractivity contribution is 0.0631. The fraction of sp³-hybridized carbons (Fsp3) is 0.500. The number of hydrogen-bond acceptors (Lipinski definition) is 6. The summed E-state index contributed by atoms with van der Waals surface area (Å²) in [5, 5.41) is 12.8. The molecule has 8 heteroatoms. The molecule has 1 aliphatic rings. The Labute approximate surface area is 136 Å². The van der Waals surface area contributed by atoms with Gasteiger partial charge in [0.25, 0.3) is 0 Å². The van der Waals surface area contributed by atoms with Crippen LogP contribution in [0.25, 0.3) is 0 Å². The molecule has 2 heterocycles. The smallest absolute Gasteiger partial charge is 0.209 e. The zero-order valence-corrected chi connectivity index (χ0v) is 13.8. The highest BCUT2D eigenvalue weighted by Gasteiger charge is 2.20. The van der Waals surface area contributed by atoms with E-state index in [4.69, 9.17) is 4.74 Å². The lowest BCUT2D eigenvalue weighted by atomic mass is 10.1. The highest BCUT2D eigenvalue weighted by Crippen LogP contribution is 2.25. The summed E-state index contributed by atoms with van der Waals surface area (Å²) in [6.07, 6.45) is 1.88. The first-order valence-corrected chi connectivity index (χ1v) is 9.57. The van der Waals surface area contributed by atoms with Crippen LogP contribution in [0, 0.1) is 0 Å². The minimum atomic E-state index is -0.975. The Balaban J connectivity index is 1.54. The molecule has 0 amide bonds. The zero-order valence-electron chi connectivity index (χ0n) is 12.1. The Morgan fingerprint density at radius 2 is 2.05 bits per heavy atom. The average molecular weight is 338 g/mol. The molecule has 1 aliphatic heterocycles. The molecule has 22 heavy (non-hydrogen) atoms. The Hall–Kier alpha value is -1.25. The van der Waals surface area contributed by atoms with E-state index in [2.05, 4.69) is 15.5 Å². The highest BCUT2D eigenvalue weighted by molar-refractivity contribution is 8.00. The number of tetrazole rings is 1. The minimum Gasteiger partial charge on any atom is -0.381 e. The fourth-order valence-electron chi connectivity index (χ4n) is 2.34. The van der Waals surface area contributed by atoms with Crippen LogP contribution in [0.1, 0.15) is 18.9 Å². The lowest BCUT2D eigenvalue weighted by Gasteiger charge is -2.22.